The van der Waals surface area contributed by atoms with Gasteiger partial charge < -0.3 is 20.1 Å². The van der Waals surface area contributed by atoms with Crippen LogP contribution in [0.15, 0.2) is 24.7 Å². The zero-order chi connectivity index (χ0) is 12.6. The molecule has 0 bridgehead atoms. The third-order valence-electron chi connectivity index (χ3n) is 2.63. The van der Waals surface area contributed by atoms with E-state index < -0.39 is 12.0 Å². The van der Waals surface area contributed by atoms with Crippen LogP contribution in [0.4, 0.5) is 5.69 Å². The molecule has 0 saturated heterocycles. The lowest BCUT2D eigenvalue weighted by Crippen LogP contribution is -2.21. The maximum absolute atomic E-state index is 10.9. The van der Waals surface area contributed by atoms with E-state index in [9.17, 15) is 4.79 Å². The number of hydrogen-bond acceptors (Lipinski definition) is 4. The molecule has 0 amide bonds. The predicted octanol–water partition coefficient (Wildman–Crippen LogP) is 0.485. The maximum atomic E-state index is 10.9. The number of nitrogens with zero attached hydrogens (tertiary/aromatic N) is 3. The Morgan fingerprint density at radius 3 is 2.88 bits per heavy atom. The van der Waals surface area contributed by atoms with Crippen molar-refractivity contribution in [1.29, 1.82) is 0 Å². The molecule has 3 N–H and O–H groups in total. The van der Waals surface area contributed by atoms with Gasteiger partial charge in [0.25, 0.3) is 0 Å². The largest absolute Gasteiger partial charge is 0.480 e. The van der Waals surface area contributed by atoms with E-state index in [1.54, 1.807) is 10.7 Å². The average molecular weight is 234 g/mol. The standard InChI is InChI=1S/C11H14N4O2/c1-14(2)7-3-4-15-6-13-10(8(15)5-7)9(12)11(16)17/h3-6,9H,12H2,1-2H3,(H,16,17). The minimum absolute atomic E-state index is 0.376. The molecule has 2 aromatic rings. The number of carbonyl (C=O) groups is 1. The van der Waals surface area contributed by atoms with Gasteiger partial charge in [0.15, 0.2) is 0 Å². The van der Waals surface area contributed by atoms with Crippen LogP contribution < -0.4 is 10.6 Å². The van der Waals surface area contributed by atoms with Crippen LogP contribution in [0.3, 0.4) is 0 Å². The normalized spacial score (nSPS) is 12.6. The van der Waals surface area contributed by atoms with Gasteiger partial charge in [-0.2, -0.15) is 0 Å². The molecule has 2 heterocycles. The molecule has 0 aliphatic rings. The molecule has 1 atom stereocenters. The number of carboxylic acids is 1. The first-order valence-corrected chi connectivity index (χ1v) is 5.13. The molecule has 0 aliphatic carbocycles. The first-order valence-electron chi connectivity index (χ1n) is 5.13. The third-order valence-corrected chi connectivity index (χ3v) is 2.63. The third kappa shape index (κ3) is 1.94. The van der Waals surface area contributed by atoms with Crippen LogP contribution in [-0.2, 0) is 4.79 Å². The van der Waals surface area contributed by atoms with Gasteiger partial charge >= 0.3 is 5.97 Å². The van der Waals surface area contributed by atoms with Gasteiger partial charge in [-0.3, -0.25) is 4.79 Å². The number of imidazole rings is 1. The SMILES string of the molecule is CN(C)c1ccn2cnc(C(N)C(=O)O)c2c1. The smallest absolute Gasteiger partial charge is 0.326 e. The van der Waals surface area contributed by atoms with Crippen molar-refractivity contribution >= 4 is 17.2 Å². The highest BCUT2D eigenvalue weighted by atomic mass is 16.4. The van der Waals surface area contributed by atoms with Crippen molar-refractivity contribution in [1.82, 2.24) is 9.38 Å². The molecule has 0 spiro atoms. The minimum atomic E-state index is -1.10. The minimum Gasteiger partial charge on any atom is -0.480 e. The van der Waals surface area contributed by atoms with Gasteiger partial charge in [0.05, 0.1) is 17.5 Å². The molecular weight excluding hydrogens is 220 g/mol. The van der Waals surface area contributed by atoms with Crippen LogP contribution in [0.25, 0.3) is 5.52 Å². The quantitative estimate of drug-likeness (QED) is 0.807. The maximum Gasteiger partial charge on any atom is 0.326 e. The van der Waals surface area contributed by atoms with Gasteiger partial charge in [-0.25, -0.2) is 4.98 Å². The van der Waals surface area contributed by atoms with Crippen molar-refractivity contribution in [2.45, 2.75) is 6.04 Å². The molecule has 17 heavy (non-hydrogen) atoms. The molecule has 0 radical (unpaired) electrons. The molecular formula is C11H14N4O2. The van der Waals surface area contributed by atoms with Crippen LogP contribution in [0.5, 0.6) is 0 Å². The van der Waals surface area contributed by atoms with E-state index in [4.69, 9.17) is 10.8 Å². The molecule has 6 nitrogen and oxygen atoms in total. The number of nitrogens with two attached hydrogens (primary N) is 1. The monoisotopic (exact) mass is 234 g/mol. The Labute approximate surface area is 98.3 Å². The first-order chi connectivity index (χ1) is 8.00. The van der Waals surface area contributed by atoms with Crippen molar-refractivity contribution in [3.63, 3.8) is 0 Å². The van der Waals surface area contributed by atoms with Gasteiger partial charge in [0.1, 0.15) is 6.04 Å². The molecule has 0 aromatic carbocycles. The van der Waals surface area contributed by atoms with E-state index in [1.165, 1.54) is 0 Å². The topological polar surface area (TPSA) is 83.9 Å². The molecule has 2 rings (SSSR count). The van der Waals surface area contributed by atoms with Crippen molar-refractivity contribution < 1.29 is 9.90 Å². The summed E-state index contributed by atoms with van der Waals surface area (Å²) in [6.45, 7) is 0. The molecule has 1 unspecified atom stereocenters. The van der Waals surface area contributed by atoms with E-state index in [2.05, 4.69) is 4.98 Å². The summed E-state index contributed by atoms with van der Waals surface area (Å²) in [4.78, 5) is 16.9. The van der Waals surface area contributed by atoms with E-state index >= 15 is 0 Å². The van der Waals surface area contributed by atoms with Gasteiger partial charge in [-0.05, 0) is 12.1 Å². The lowest BCUT2D eigenvalue weighted by molar-refractivity contribution is -0.138. The van der Waals surface area contributed by atoms with Crippen LogP contribution in [0.2, 0.25) is 0 Å². The Kier molecular flexibility index (Phi) is 2.72. The second-order valence-corrected chi connectivity index (χ2v) is 4.02. The van der Waals surface area contributed by atoms with Crippen molar-refractivity contribution in [2.24, 2.45) is 5.73 Å². The summed E-state index contributed by atoms with van der Waals surface area (Å²) in [6, 6.07) is 2.69. The Morgan fingerprint density at radius 2 is 2.29 bits per heavy atom. The average Bonchev–Trinajstić information content (AvgIpc) is 2.70. The lowest BCUT2D eigenvalue weighted by atomic mass is 10.2. The van der Waals surface area contributed by atoms with Crippen molar-refractivity contribution in [3.8, 4) is 0 Å². The fourth-order valence-corrected chi connectivity index (χ4v) is 1.63. The fraction of sp³-hybridized carbons (Fsp3) is 0.273. The summed E-state index contributed by atoms with van der Waals surface area (Å²) in [5.41, 5.74) is 7.64. The number of carboxylic acid groups (broad SMARTS) is 1. The van der Waals surface area contributed by atoms with E-state index in [0.717, 1.165) is 5.69 Å². The Morgan fingerprint density at radius 1 is 1.59 bits per heavy atom. The fourth-order valence-electron chi connectivity index (χ4n) is 1.63. The summed E-state index contributed by atoms with van der Waals surface area (Å²) in [6.07, 6.45) is 3.39. The zero-order valence-electron chi connectivity index (χ0n) is 9.66. The number of aliphatic carboxylic acids is 1. The number of fused-ring (bicyclic) bond motifs is 1. The summed E-state index contributed by atoms with van der Waals surface area (Å²) >= 11 is 0. The van der Waals surface area contributed by atoms with Crippen LogP contribution in [-0.4, -0.2) is 34.6 Å². The summed E-state index contributed by atoms with van der Waals surface area (Å²) in [5, 5.41) is 8.91. The van der Waals surface area contributed by atoms with Crippen LogP contribution in [0.1, 0.15) is 11.7 Å². The Hall–Kier alpha value is -2.08. The number of anilines is 1. The summed E-state index contributed by atoms with van der Waals surface area (Å²) < 4.78 is 1.76. The highest BCUT2D eigenvalue weighted by Crippen LogP contribution is 2.21. The van der Waals surface area contributed by atoms with Gasteiger partial charge in [-0.15, -0.1) is 0 Å². The summed E-state index contributed by atoms with van der Waals surface area (Å²) in [7, 11) is 3.83. The predicted molar refractivity (Wildman–Crippen MR) is 64.1 cm³/mol. The highest BCUT2D eigenvalue weighted by Gasteiger charge is 2.19. The first kappa shape index (κ1) is 11.4. The lowest BCUT2D eigenvalue weighted by Gasteiger charge is -2.13. The number of pyridine rings is 1. The highest BCUT2D eigenvalue weighted by molar-refractivity contribution is 5.78. The Bertz CT molecular complexity index is 562. The van der Waals surface area contributed by atoms with E-state index in [0.29, 0.717) is 11.2 Å². The second-order valence-electron chi connectivity index (χ2n) is 4.02. The van der Waals surface area contributed by atoms with Crippen LogP contribution >= 0.6 is 0 Å². The number of hydrogen-bond donors (Lipinski definition) is 2. The van der Waals surface area contributed by atoms with E-state index in [-0.39, 0.29) is 0 Å². The van der Waals surface area contributed by atoms with Crippen LogP contribution in [0, 0.1) is 0 Å². The zero-order valence-corrected chi connectivity index (χ0v) is 9.66. The molecule has 0 fully saturated rings. The van der Waals surface area contributed by atoms with Crippen molar-refractivity contribution in [2.75, 3.05) is 19.0 Å². The second kappa shape index (κ2) is 4.06. The molecule has 90 valence electrons. The Balaban J connectivity index is 2.57. The van der Waals surface area contributed by atoms with Crippen molar-refractivity contribution in [3.05, 3.63) is 30.4 Å². The molecule has 6 heteroatoms. The molecule has 2 aromatic heterocycles. The molecule has 0 saturated carbocycles. The van der Waals surface area contributed by atoms with Gasteiger partial charge in [-0.1, -0.05) is 0 Å². The van der Waals surface area contributed by atoms with Gasteiger partial charge in [0, 0.05) is 26.0 Å². The number of rotatable bonds is 3. The number of aromatic nitrogens is 2. The van der Waals surface area contributed by atoms with E-state index in [1.807, 2.05) is 37.3 Å². The summed E-state index contributed by atoms with van der Waals surface area (Å²) in [5.74, 6) is -1.08. The van der Waals surface area contributed by atoms with Gasteiger partial charge in [0.2, 0.25) is 0 Å². The molecule has 0 aliphatic heterocycles.